The molecule has 0 heterocycles. The van der Waals surface area contributed by atoms with Crippen molar-refractivity contribution in [3.05, 3.63) is 34.9 Å². The molecule has 0 aromatic heterocycles. The van der Waals surface area contributed by atoms with Gasteiger partial charge >= 0.3 is 0 Å². The van der Waals surface area contributed by atoms with Crippen molar-refractivity contribution in [3.63, 3.8) is 0 Å². The molecule has 3 rings (SSSR count). The molecule has 0 atom stereocenters. The summed E-state index contributed by atoms with van der Waals surface area (Å²) in [6, 6.07) is 3.09. The first-order chi connectivity index (χ1) is 13.6. The maximum atomic E-state index is 14.2. The molecule has 28 heavy (non-hydrogen) atoms. The zero-order valence-electron chi connectivity index (χ0n) is 17.8. The van der Waals surface area contributed by atoms with Gasteiger partial charge in [0.1, 0.15) is 11.6 Å². The van der Waals surface area contributed by atoms with Gasteiger partial charge in [-0.25, -0.2) is 8.78 Å². The van der Waals surface area contributed by atoms with Crippen LogP contribution in [0.5, 0.6) is 0 Å². The van der Waals surface area contributed by atoms with Gasteiger partial charge in [-0.2, -0.15) is 0 Å². The number of methoxy groups -OCH3 is 1. The summed E-state index contributed by atoms with van der Waals surface area (Å²) in [5, 5.41) is 0. The minimum absolute atomic E-state index is 0.00813. The Bertz CT molecular complexity index is 576. The molecule has 0 unspecified atom stereocenters. The van der Waals surface area contributed by atoms with E-state index >= 15 is 0 Å². The number of ether oxygens (including phenoxy) is 1. The van der Waals surface area contributed by atoms with Crippen LogP contribution >= 0.6 is 0 Å². The van der Waals surface area contributed by atoms with E-state index in [4.69, 9.17) is 4.74 Å². The number of halogens is 2. The molecule has 0 aliphatic heterocycles. The van der Waals surface area contributed by atoms with Gasteiger partial charge in [0.05, 0.1) is 6.61 Å². The van der Waals surface area contributed by atoms with Crippen LogP contribution in [-0.4, -0.2) is 7.11 Å². The monoisotopic (exact) mass is 392 g/mol. The molecule has 0 bridgehead atoms. The van der Waals surface area contributed by atoms with Gasteiger partial charge < -0.3 is 4.74 Å². The Labute approximate surface area is 170 Å². The lowest BCUT2D eigenvalue weighted by Crippen LogP contribution is -2.25. The van der Waals surface area contributed by atoms with E-state index in [2.05, 4.69) is 6.92 Å². The molecule has 3 heteroatoms. The third-order valence-corrected chi connectivity index (χ3v) is 7.47. The van der Waals surface area contributed by atoms with E-state index < -0.39 is 11.6 Å². The first-order valence-electron chi connectivity index (χ1n) is 11.6. The van der Waals surface area contributed by atoms with Gasteiger partial charge in [0.15, 0.2) is 0 Å². The van der Waals surface area contributed by atoms with E-state index in [-0.39, 0.29) is 12.2 Å². The fourth-order valence-electron chi connectivity index (χ4n) is 5.70. The number of hydrogen-bond acceptors (Lipinski definition) is 1. The van der Waals surface area contributed by atoms with E-state index in [0.29, 0.717) is 5.92 Å². The SMILES string of the molecule is CCCCC[C@H]1CC[C@H](C2CCC(c3cc(F)c(COC)c(F)c3)CC2)CC1. The molecule has 1 aromatic rings. The maximum absolute atomic E-state index is 14.2. The zero-order valence-corrected chi connectivity index (χ0v) is 17.8. The van der Waals surface area contributed by atoms with Crippen molar-refractivity contribution in [1.29, 1.82) is 0 Å². The van der Waals surface area contributed by atoms with Crippen molar-refractivity contribution in [3.8, 4) is 0 Å². The van der Waals surface area contributed by atoms with Gasteiger partial charge in [-0.3, -0.25) is 0 Å². The van der Waals surface area contributed by atoms with Crippen molar-refractivity contribution >= 4 is 0 Å². The Morgan fingerprint density at radius 3 is 1.96 bits per heavy atom. The molecule has 0 saturated heterocycles. The highest BCUT2D eigenvalue weighted by atomic mass is 19.1. The molecular weight excluding hydrogens is 354 g/mol. The van der Waals surface area contributed by atoms with Crippen molar-refractivity contribution in [2.24, 2.45) is 17.8 Å². The second-order valence-electron chi connectivity index (χ2n) is 9.28. The minimum atomic E-state index is -0.458. The van der Waals surface area contributed by atoms with Crippen LogP contribution in [-0.2, 0) is 11.3 Å². The van der Waals surface area contributed by atoms with Gasteiger partial charge in [0.25, 0.3) is 0 Å². The molecule has 158 valence electrons. The van der Waals surface area contributed by atoms with E-state index in [1.807, 2.05) is 0 Å². The lowest BCUT2D eigenvalue weighted by atomic mass is 9.68. The van der Waals surface area contributed by atoms with Crippen LogP contribution in [0.15, 0.2) is 12.1 Å². The van der Waals surface area contributed by atoms with Gasteiger partial charge in [-0.15, -0.1) is 0 Å². The quantitative estimate of drug-likeness (QED) is 0.411. The molecule has 1 nitrogen and oxygen atoms in total. The van der Waals surface area contributed by atoms with E-state index in [9.17, 15) is 8.78 Å². The molecular formula is C25H38F2O. The number of hydrogen-bond donors (Lipinski definition) is 0. The molecule has 0 N–H and O–H groups in total. The second kappa shape index (κ2) is 10.7. The molecule has 2 saturated carbocycles. The lowest BCUT2D eigenvalue weighted by molar-refractivity contribution is 0.155. The lowest BCUT2D eigenvalue weighted by Gasteiger charge is -2.38. The van der Waals surface area contributed by atoms with Crippen molar-refractivity contribution < 1.29 is 13.5 Å². The third kappa shape index (κ3) is 5.55. The minimum Gasteiger partial charge on any atom is -0.380 e. The van der Waals surface area contributed by atoms with Crippen LogP contribution in [0.2, 0.25) is 0 Å². The van der Waals surface area contributed by atoms with Gasteiger partial charge in [-0.1, -0.05) is 45.4 Å². The van der Waals surface area contributed by atoms with Gasteiger partial charge in [-0.05, 0) is 79.9 Å². The van der Waals surface area contributed by atoms with Crippen LogP contribution in [0.3, 0.4) is 0 Å². The highest BCUT2D eigenvalue weighted by Gasteiger charge is 2.31. The molecule has 0 radical (unpaired) electrons. The number of rotatable bonds is 8. The summed E-state index contributed by atoms with van der Waals surface area (Å²) >= 11 is 0. The predicted molar refractivity (Wildman–Crippen MR) is 111 cm³/mol. The predicted octanol–water partition coefficient (Wildman–Crippen LogP) is 7.77. The highest BCUT2D eigenvalue weighted by molar-refractivity contribution is 5.28. The number of unbranched alkanes of at least 4 members (excludes halogenated alkanes) is 2. The van der Waals surface area contributed by atoms with Crippen molar-refractivity contribution in [1.82, 2.24) is 0 Å². The standard InChI is InChI=1S/C25H38F2O/c1-3-4-5-6-18-7-9-19(10-8-18)20-11-13-21(14-12-20)22-15-24(26)23(17-28-2)25(27)16-22/h15-16,18-21H,3-14,17H2,1-2H3/t18-,19-,20?,21?. The van der Waals surface area contributed by atoms with Crippen LogP contribution in [0.4, 0.5) is 8.78 Å². The Hall–Kier alpha value is -0.960. The van der Waals surface area contributed by atoms with E-state index in [1.54, 1.807) is 12.1 Å². The molecule has 0 spiro atoms. The summed E-state index contributed by atoms with van der Waals surface area (Å²) in [4.78, 5) is 0. The van der Waals surface area contributed by atoms with Crippen molar-refractivity contribution in [2.75, 3.05) is 7.11 Å². The van der Waals surface area contributed by atoms with Crippen molar-refractivity contribution in [2.45, 2.75) is 96.5 Å². The average molecular weight is 393 g/mol. The van der Waals surface area contributed by atoms with Crippen LogP contribution < -0.4 is 0 Å². The summed E-state index contributed by atoms with van der Waals surface area (Å²) in [5.41, 5.74) is 0.892. The molecule has 2 aliphatic carbocycles. The molecule has 1 aromatic carbocycles. The fraction of sp³-hybridized carbons (Fsp3) is 0.760. The maximum Gasteiger partial charge on any atom is 0.131 e. The zero-order chi connectivity index (χ0) is 19.9. The molecule has 0 amide bonds. The number of benzene rings is 1. The first-order valence-corrected chi connectivity index (χ1v) is 11.6. The summed E-state index contributed by atoms with van der Waals surface area (Å²) in [6.07, 6.45) is 15.8. The van der Waals surface area contributed by atoms with Crippen LogP contribution in [0.25, 0.3) is 0 Å². The summed E-state index contributed by atoms with van der Waals surface area (Å²) in [7, 11) is 1.47. The van der Waals surface area contributed by atoms with Crippen LogP contribution in [0.1, 0.15) is 101 Å². The Kier molecular flexibility index (Phi) is 8.32. The summed E-state index contributed by atoms with van der Waals surface area (Å²) in [6.45, 7) is 2.27. The smallest absolute Gasteiger partial charge is 0.131 e. The van der Waals surface area contributed by atoms with Gasteiger partial charge in [0, 0.05) is 12.7 Å². The fourth-order valence-corrected chi connectivity index (χ4v) is 5.70. The Morgan fingerprint density at radius 2 is 1.43 bits per heavy atom. The Balaban J connectivity index is 1.47. The highest BCUT2D eigenvalue weighted by Crippen LogP contribution is 2.44. The third-order valence-electron chi connectivity index (χ3n) is 7.47. The Morgan fingerprint density at radius 1 is 0.857 bits per heavy atom. The topological polar surface area (TPSA) is 9.23 Å². The molecule has 2 aliphatic rings. The first kappa shape index (κ1) is 21.7. The summed E-state index contributed by atoms with van der Waals surface area (Å²) in [5.74, 6) is 2.08. The van der Waals surface area contributed by atoms with Crippen LogP contribution in [0, 0.1) is 29.4 Å². The normalized spacial score (nSPS) is 28.4. The largest absolute Gasteiger partial charge is 0.380 e. The van der Waals surface area contributed by atoms with Gasteiger partial charge in [0.2, 0.25) is 0 Å². The van der Waals surface area contributed by atoms with E-state index in [0.717, 1.165) is 36.2 Å². The average Bonchev–Trinajstić information content (AvgIpc) is 2.71. The van der Waals surface area contributed by atoms with E-state index in [1.165, 1.54) is 71.3 Å². The second-order valence-corrected chi connectivity index (χ2v) is 9.28. The molecule has 2 fully saturated rings. The summed E-state index contributed by atoms with van der Waals surface area (Å²) < 4.78 is 33.4.